The molecule has 3 nitrogen and oxygen atoms in total. The lowest BCUT2D eigenvalue weighted by Crippen LogP contribution is -2.28. The Hall–Kier alpha value is -0.570. The molecule has 11 heavy (non-hydrogen) atoms. The summed E-state index contributed by atoms with van der Waals surface area (Å²) in [5, 5.41) is 7.13. The fraction of sp³-hybridized carbons (Fsp3) is 0.875. The first kappa shape index (κ1) is 8.53. The van der Waals surface area contributed by atoms with Crippen LogP contribution in [-0.2, 0) is 0 Å². The minimum absolute atomic E-state index is 0.325. The highest BCUT2D eigenvalue weighted by atomic mass is 14.7. The Labute approximate surface area is 67.7 Å². The molecule has 0 bridgehead atoms. The summed E-state index contributed by atoms with van der Waals surface area (Å²) >= 11 is 0. The van der Waals surface area contributed by atoms with Crippen LogP contribution >= 0.6 is 0 Å². The fourth-order valence-electron chi connectivity index (χ4n) is 1.70. The van der Waals surface area contributed by atoms with E-state index in [0.717, 1.165) is 32.1 Å². The Kier molecular flexibility index (Phi) is 2.88. The molecule has 0 aromatic heterocycles. The lowest BCUT2D eigenvalue weighted by molar-refractivity contribution is 0.333. The molecule has 5 N–H and O–H groups in total. The molecule has 0 amide bonds. The topological polar surface area (TPSA) is 75.9 Å². The zero-order valence-electron chi connectivity index (χ0n) is 6.84. The molecule has 0 atom stereocenters. The third-order valence-corrected chi connectivity index (χ3v) is 2.40. The second-order valence-corrected chi connectivity index (χ2v) is 3.51. The van der Waals surface area contributed by atoms with E-state index < -0.39 is 0 Å². The van der Waals surface area contributed by atoms with Crippen LogP contribution in [0.1, 0.15) is 32.1 Å². The Bertz CT molecular complexity index is 136. The molecule has 0 saturated heterocycles. The third kappa shape index (κ3) is 2.89. The van der Waals surface area contributed by atoms with E-state index in [4.69, 9.17) is 16.9 Å². The van der Waals surface area contributed by atoms with E-state index in [1.54, 1.807) is 0 Å². The van der Waals surface area contributed by atoms with Gasteiger partial charge >= 0.3 is 0 Å². The molecule has 0 radical (unpaired) electrons. The number of nitrogens with two attached hydrogens (primary N) is 2. The molecular weight excluding hydrogens is 138 g/mol. The van der Waals surface area contributed by atoms with E-state index in [0.29, 0.717) is 17.8 Å². The maximum Gasteiger partial charge on any atom is 0.0908 e. The first-order chi connectivity index (χ1) is 5.18. The van der Waals surface area contributed by atoms with E-state index in [1.165, 1.54) is 0 Å². The Morgan fingerprint density at radius 2 is 1.82 bits per heavy atom. The lowest BCUT2D eigenvalue weighted by atomic mass is 9.84. The quantitative estimate of drug-likeness (QED) is 0.408. The predicted octanol–water partition coefficient (Wildman–Crippen LogP) is 0.830. The highest BCUT2D eigenvalue weighted by Gasteiger charge is 2.18. The number of nitrogens with one attached hydrogen (secondary N) is 1. The summed E-state index contributed by atoms with van der Waals surface area (Å²) in [5.74, 6) is 0.956. The van der Waals surface area contributed by atoms with E-state index >= 15 is 0 Å². The molecule has 0 spiro atoms. The van der Waals surface area contributed by atoms with Crippen molar-refractivity contribution in [1.29, 1.82) is 5.41 Å². The van der Waals surface area contributed by atoms with E-state index in [1.807, 2.05) is 0 Å². The number of amidine groups is 1. The van der Waals surface area contributed by atoms with Gasteiger partial charge in [0.15, 0.2) is 0 Å². The molecular formula is C8H17N3. The standard InChI is InChI=1S/C8H17N3/c9-7-3-1-6(2-4-7)5-8(10)11/h6-7H,1-5,9H2,(H3,10,11). The average Bonchev–Trinajstić information content (AvgIpc) is 1.93. The van der Waals surface area contributed by atoms with Gasteiger partial charge in [-0.2, -0.15) is 0 Å². The maximum absolute atomic E-state index is 7.13. The molecule has 1 aliphatic carbocycles. The Balaban J connectivity index is 2.22. The summed E-state index contributed by atoms with van der Waals surface area (Å²) < 4.78 is 0. The number of hydrogen-bond acceptors (Lipinski definition) is 2. The second kappa shape index (κ2) is 3.72. The van der Waals surface area contributed by atoms with Crippen LogP contribution in [0.15, 0.2) is 0 Å². The molecule has 0 unspecified atom stereocenters. The van der Waals surface area contributed by atoms with Gasteiger partial charge in [-0.25, -0.2) is 0 Å². The van der Waals surface area contributed by atoms with Gasteiger partial charge in [0, 0.05) is 12.5 Å². The van der Waals surface area contributed by atoms with Crippen molar-refractivity contribution in [2.75, 3.05) is 0 Å². The van der Waals surface area contributed by atoms with Crippen molar-refractivity contribution in [2.45, 2.75) is 38.1 Å². The summed E-state index contributed by atoms with van der Waals surface area (Å²) in [6.07, 6.45) is 5.30. The van der Waals surface area contributed by atoms with Gasteiger partial charge in [0.25, 0.3) is 0 Å². The highest BCUT2D eigenvalue weighted by molar-refractivity contribution is 5.77. The zero-order chi connectivity index (χ0) is 8.27. The van der Waals surface area contributed by atoms with Crippen molar-refractivity contribution in [3.63, 3.8) is 0 Å². The summed E-state index contributed by atoms with van der Waals surface area (Å²) in [4.78, 5) is 0. The van der Waals surface area contributed by atoms with Gasteiger partial charge < -0.3 is 11.5 Å². The molecule has 3 heteroatoms. The lowest BCUT2D eigenvalue weighted by Gasteiger charge is -2.25. The monoisotopic (exact) mass is 155 g/mol. The smallest absolute Gasteiger partial charge is 0.0908 e. The summed E-state index contributed by atoms with van der Waals surface area (Å²) in [7, 11) is 0. The molecule has 64 valence electrons. The summed E-state index contributed by atoms with van der Waals surface area (Å²) in [5.41, 5.74) is 11.1. The van der Waals surface area contributed by atoms with Crippen LogP contribution in [-0.4, -0.2) is 11.9 Å². The van der Waals surface area contributed by atoms with Gasteiger partial charge in [0.2, 0.25) is 0 Å². The number of hydrogen-bond donors (Lipinski definition) is 3. The van der Waals surface area contributed by atoms with Crippen molar-refractivity contribution in [3.8, 4) is 0 Å². The molecule has 0 heterocycles. The first-order valence-electron chi connectivity index (χ1n) is 4.27. The molecule has 1 fully saturated rings. The molecule has 0 aromatic carbocycles. The van der Waals surface area contributed by atoms with Crippen molar-refractivity contribution >= 4 is 5.84 Å². The third-order valence-electron chi connectivity index (χ3n) is 2.40. The SMILES string of the molecule is N=C(N)CC1CCC(N)CC1. The van der Waals surface area contributed by atoms with Crippen molar-refractivity contribution < 1.29 is 0 Å². The predicted molar refractivity (Wildman–Crippen MR) is 46.5 cm³/mol. The highest BCUT2D eigenvalue weighted by Crippen LogP contribution is 2.25. The number of rotatable bonds is 2. The van der Waals surface area contributed by atoms with Crippen LogP contribution in [0.5, 0.6) is 0 Å². The van der Waals surface area contributed by atoms with Gasteiger partial charge in [0.05, 0.1) is 5.84 Å². The molecule has 1 aliphatic rings. The fourth-order valence-corrected chi connectivity index (χ4v) is 1.70. The van der Waals surface area contributed by atoms with Gasteiger partial charge in [-0.15, -0.1) is 0 Å². The summed E-state index contributed by atoms with van der Waals surface area (Å²) in [6, 6.07) is 0.401. The van der Waals surface area contributed by atoms with Crippen LogP contribution in [0, 0.1) is 11.3 Å². The summed E-state index contributed by atoms with van der Waals surface area (Å²) in [6.45, 7) is 0. The van der Waals surface area contributed by atoms with Gasteiger partial charge in [-0.3, -0.25) is 5.41 Å². The van der Waals surface area contributed by atoms with Crippen LogP contribution in [0.25, 0.3) is 0 Å². The molecule has 1 saturated carbocycles. The normalized spacial score (nSPS) is 31.7. The van der Waals surface area contributed by atoms with Gasteiger partial charge in [-0.1, -0.05) is 0 Å². The van der Waals surface area contributed by atoms with Gasteiger partial charge in [-0.05, 0) is 31.6 Å². The van der Waals surface area contributed by atoms with Crippen LogP contribution in [0.3, 0.4) is 0 Å². The van der Waals surface area contributed by atoms with Crippen LogP contribution in [0.4, 0.5) is 0 Å². The minimum Gasteiger partial charge on any atom is -0.388 e. The maximum atomic E-state index is 7.13. The van der Waals surface area contributed by atoms with Crippen molar-refractivity contribution in [1.82, 2.24) is 0 Å². The largest absolute Gasteiger partial charge is 0.388 e. The van der Waals surface area contributed by atoms with Crippen molar-refractivity contribution in [2.24, 2.45) is 17.4 Å². The average molecular weight is 155 g/mol. The van der Waals surface area contributed by atoms with Crippen LogP contribution < -0.4 is 11.5 Å². The molecule has 0 aliphatic heterocycles. The molecule has 1 rings (SSSR count). The Morgan fingerprint density at radius 1 is 1.27 bits per heavy atom. The minimum atomic E-state index is 0.325. The Morgan fingerprint density at radius 3 is 2.27 bits per heavy atom. The molecule has 0 aromatic rings. The van der Waals surface area contributed by atoms with Crippen LogP contribution in [0.2, 0.25) is 0 Å². The van der Waals surface area contributed by atoms with E-state index in [2.05, 4.69) is 0 Å². The zero-order valence-corrected chi connectivity index (χ0v) is 6.84. The first-order valence-corrected chi connectivity index (χ1v) is 4.27. The van der Waals surface area contributed by atoms with E-state index in [-0.39, 0.29) is 0 Å². The van der Waals surface area contributed by atoms with Gasteiger partial charge in [0.1, 0.15) is 0 Å². The van der Waals surface area contributed by atoms with E-state index in [9.17, 15) is 0 Å². The van der Waals surface area contributed by atoms with Crippen molar-refractivity contribution in [3.05, 3.63) is 0 Å². The second-order valence-electron chi connectivity index (χ2n) is 3.51.